The second-order valence-corrected chi connectivity index (χ2v) is 12.4. The molecule has 1 saturated heterocycles. The summed E-state index contributed by atoms with van der Waals surface area (Å²) in [6.07, 6.45) is 0.771. The molecule has 2 N–H and O–H groups in total. The Hall–Kier alpha value is -3.43. The van der Waals surface area contributed by atoms with Crippen molar-refractivity contribution < 1.29 is 19.4 Å². The summed E-state index contributed by atoms with van der Waals surface area (Å²) in [4.78, 5) is 34.0. The molecule has 214 valence electrons. The average Bonchev–Trinajstić information content (AvgIpc) is 3.56. The summed E-state index contributed by atoms with van der Waals surface area (Å²) in [6, 6.07) is 16.5. The molecule has 2 heterocycles. The number of hydrogen-bond acceptors (Lipinski definition) is 7. The lowest BCUT2D eigenvalue weighted by Crippen LogP contribution is -2.51. The van der Waals surface area contributed by atoms with Gasteiger partial charge in [-0.25, -0.2) is 9.78 Å². The summed E-state index contributed by atoms with van der Waals surface area (Å²) in [7, 11) is 1.77. The van der Waals surface area contributed by atoms with E-state index in [1.807, 2.05) is 81.6 Å². The maximum Gasteiger partial charge on any atom is 0.410 e. The van der Waals surface area contributed by atoms with E-state index in [9.17, 15) is 14.7 Å². The van der Waals surface area contributed by atoms with Crippen LogP contribution in [0.25, 0.3) is 0 Å². The number of aliphatic hydroxyl groups excluding tert-OH is 1. The Labute approximate surface area is 241 Å². The van der Waals surface area contributed by atoms with Crippen LogP contribution in [0.2, 0.25) is 0 Å². The lowest BCUT2D eigenvalue weighted by molar-refractivity contribution is 0.00212. The van der Waals surface area contributed by atoms with Gasteiger partial charge in [0.2, 0.25) is 0 Å². The molecule has 4 rings (SSSR count). The normalized spacial score (nSPS) is 16.9. The fourth-order valence-corrected chi connectivity index (χ4v) is 5.84. The van der Waals surface area contributed by atoms with Crippen molar-refractivity contribution in [1.29, 1.82) is 0 Å². The molecule has 0 saturated carbocycles. The largest absolute Gasteiger partial charge is 0.444 e. The molecule has 1 unspecified atom stereocenters. The second-order valence-electron chi connectivity index (χ2n) is 11.4. The summed E-state index contributed by atoms with van der Waals surface area (Å²) in [5, 5.41) is 18.0. The van der Waals surface area contributed by atoms with Gasteiger partial charge in [-0.3, -0.25) is 4.79 Å². The predicted octanol–water partition coefficient (Wildman–Crippen LogP) is 5.51. The molecule has 9 heteroatoms. The number of aryl methyl sites for hydroxylation is 1. The molecule has 0 aliphatic carbocycles. The van der Waals surface area contributed by atoms with E-state index in [-0.39, 0.29) is 11.9 Å². The number of rotatable bonds is 9. The maximum atomic E-state index is 13.2. The minimum atomic E-state index is -0.856. The van der Waals surface area contributed by atoms with Crippen LogP contribution in [-0.4, -0.2) is 69.3 Å². The first-order chi connectivity index (χ1) is 19.0. The van der Waals surface area contributed by atoms with Crippen LogP contribution in [0.15, 0.2) is 60.0 Å². The van der Waals surface area contributed by atoms with Crippen molar-refractivity contribution in [1.82, 2.24) is 14.8 Å². The number of anilines is 1. The van der Waals surface area contributed by atoms with Gasteiger partial charge in [0, 0.05) is 35.9 Å². The first-order valence-electron chi connectivity index (χ1n) is 13.7. The number of nitrogens with zero attached hydrogens (tertiary/aromatic N) is 3. The fourth-order valence-electron chi connectivity index (χ4n) is 5.01. The molecular weight excluding hydrogens is 524 g/mol. The predicted molar refractivity (Wildman–Crippen MR) is 159 cm³/mol. The van der Waals surface area contributed by atoms with Crippen molar-refractivity contribution in [2.24, 2.45) is 0 Å². The third-order valence-corrected chi connectivity index (χ3v) is 7.83. The molecule has 8 nitrogen and oxygen atoms in total. The van der Waals surface area contributed by atoms with Gasteiger partial charge in [-0.1, -0.05) is 36.4 Å². The van der Waals surface area contributed by atoms with Crippen molar-refractivity contribution >= 4 is 29.0 Å². The number of amides is 2. The van der Waals surface area contributed by atoms with E-state index >= 15 is 0 Å². The Morgan fingerprint density at radius 3 is 2.62 bits per heavy atom. The molecule has 1 aliphatic heterocycles. The molecule has 1 aromatic heterocycles. The zero-order chi connectivity index (χ0) is 28.9. The van der Waals surface area contributed by atoms with Gasteiger partial charge in [-0.2, -0.15) is 0 Å². The van der Waals surface area contributed by atoms with Crippen LogP contribution in [0.5, 0.6) is 0 Å². The van der Waals surface area contributed by atoms with Crippen LogP contribution in [0.4, 0.5) is 10.5 Å². The number of benzene rings is 2. The van der Waals surface area contributed by atoms with Gasteiger partial charge in [0.1, 0.15) is 10.6 Å². The Kier molecular flexibility index (Phi) is 9.48. The molecule has 1 fully saturated rings. The van der Waals surface area contributed by atoms with E-state index in [4.69, 9.17) is 4.74 Å². The third-order valence-electron chi connectivity index (χ3n) is 6.88. The van der Waals surface area contributed by atoms with Gasteiger partial charge in [0.15, 0.2) is 0 Å². The van der Waals surface area contributed by atoms with E-state index in [0.717, 1.165) is 28.4 Å². The number of nitrogens with one attached hydrogen (secondary N) is 1. The molecule has 1 aliphatic rings. The number of likely N-dealkylation sites (tertiary alicyclic amines) is 1. The number of aliphatic hydroxyl groups is 1. The summed E-state index contributed by atoms with van der Waals surface area (Å²) >= 11 is 1.54. The number of carbonyl (C=O) groups is 2. The van der Waals surface area contributed by atoms with Crippen LogP contribution >= 0.6 is 11.3 Å². The molecule has 40 heavy (non-hydrogen) atoms. The Bertz CT molecular complexity index is 1290. The second kappa shape index (κ2) is 12.8. The Morgan fingerprint density at radius 2 is 1.95 bits per heavy atom. The maximum absolute atomic E-state index is 13.2. The lowest BCUT2D eigenvalue weighted by Gasteiger charge is -2.35. The Balaban J connectivity index is 1.53. The number of aromatic nitrogens is 1. The van der Waals surface area contributed by atoms with E-state index < -0.39 is 23.8 Å². The number of thiazole rings is 1. The van der Waals surface area contributed by atoms with Crippen LogP contribution in [0, 0.1) is 6.92 Å². The summed E-state index contributed by atoms with van der Waals surface area (Å²) in [5.74, 6) is -0.108. The van der Waals surface area contributed by atoms with Crippen molar-refractivity contribution in [2.45, 2.75) is 77.3 Å². The summed E-state index contributed by atoms with van der Waals surface area (Å²) < 4.78 is 5.64. The topological polar surface area (TPSA) is 95.0 Å². The standard InChI is InChI=1S/C31H40N4O4S/c1-21-20-40-27(32-21)19-34(5)29(37)23-13-9-14-24(18-23)33-25(17-22-11-7-6-8-12-22)28(36)26-15-10-16-35(26)30(38)39-31(2,3)4/h6-9,11-14,18,20,25-26,28,33,36H,10,15-17,19H2,1-5H3/t25-,26?,28-/m0/s1. The highest BCUT2D eigenvalue weighted by atomic mass is 32.1. The van der Waals surface area contributed by atoms with Gasteiger partial charge in [0.25, 0.3) is 5.91 Å². The summed E-state index contributed by atoms with van der Waals surface area (Å²) in [6.45, 7) is 8.45. The monoisotopic (exact) mass is 564 g/mol. The van der Waals surface area contributed by atoms with E-state index in [1.165, 1.54) is 0 Å². The first kappa shape index (κ1) is 29.6. The van der Waals surface area contributed by atoms with Crippen molar-refractivity contribution in [3.63, 3.8) is 0 Å². The minimum Gasteiger partial charge on any atom is -0.444 e. The molecule has 2 aromatic carbocycles. The number of hydrogen-bond donors (Lipinski definition) is 2. The number of ether oxygens (including phenoxy) is 1. The van der Waals surface area contributed by atoms with Crippen LogP contribution in [-0.2, 0) is 17.7 Å². The molecule has 0 spiro atoms. The van der Waals surface area contributed by atoms with Crippen LogP contribution in [0.1, 0.15) is 60.2 Å². The smallest absolute Gasteiger partial charge is 0.410 e. The average molecular weight is 565 g/mol. The van der Waals surface area contributed by atoms with E-state index in [1.54, 1.807) is 34.3 Å². The first-order valence-corrected chi connectivity index (χ1v) is 14.6. The highest BCUT2D eigenvalue weighted by molar-refractivity contribution is 7.09. The Morgan fingerprint density at radius 1 is 1.20 bits per heavy atom. The molecule has 2 amide bonds. The van der Waals surface area contributed by atoms with Gasteiger partial charge < -0.3 is 25.0 Å². The zero-order valence-electron chi connectivity index (χ0n) is 24.0. The quantitative estimate of drug-likeness (QED) is 0.356. The van der Waals surface area contributed by atoms with Gasteiger partial charge >= 0.3 is 6.09 Å². The molecule has 3 atom stereocenters. The van der Waals surface area contributed by atoms with Gasteiger partial charge in [0.05, 0.1) is 24.7 Å². The summed E-state index contributed by atoms with van der Waals surface area (Å²) in [5.41, 5.74) is 2.67. The third kappa shape index (κ3) is 7.82. The van der Waals surface area contributed by atoms with Crippen molar-refractivity contribution in [2.75, 3.05) is 18.9 Å². The van der Waals surface area contributed by atoms with Gasteiger partial charge in [-0.05, 0) is 70.7 Å². The van der Waals surface area contributed by atoms with Gasteiger partial charge in [-0.15, -0.1) is 11.3 Å². The number of carbonyl (C=O) groups excluding carboxylic acids is 2. The lowest BCUT2D eigenvalue weighted by atomic mass is 9.94. The van der Waals surface area contributed by atoms with Crippen LogP contribution in [0.3, 0.4) is 0 Å². The molecular formula is C31H40N4O4S. The van der Waals surface area contributed by atoms with Crippen LogP contribution < -0.4 is 5.32 Å². The molecule has 3 aromatic rings. The highest BCUT2D eigenvalue weighted by Crippen LogP contribution is 2.27. The fraction of sp³-hybridized carbons (Fsp3) is 0.452. The zero-order valence-corrected chi connectivity index (χ0v) is 24.8. The van der Waals surface area contributed by atoms with Crippen molar-refractivity contribution in [3.8, 4) is 0 Å². The minimum absolute atomic E-state index is 0.108. The van der Waals surface area contributed by atoms with E-state index in [2.05, 4.69) is 10.3 Å². The molecule has 0 bridgehead atoms. The highest BCUT2D eigenvalue weighted by Gasteiger charge is 2.39. The van der Waals surface area contributed by atoms with E-state index in [0.29, 0.717) is 31.5 Å². The molecule has 0 radical (unpaired) electrons. The SMILES string of the molecule is Cc1csc(CN(C)C(=O)c2cccc(N[C@@H](Cc3ccccc3)[C@H](O)C3CCCN3C(=O)OC(C)(C)C)c2)n1. The van der Waals surface area contributed by atoms with Crippen molar-refractivity contribution in [3.05, 3.63) is 81.8 Å².